The molecule has 1 aliphatic heterocycles. The van der Waals surface area contributed by atoms with Crippen LogP contribution in [0, 0.1) is 10.1 Å². The molecule has 0 saturated carbocycles. The summed E-state index contributed by atoms with van der Waals surface area (Å²) in [6, 6.07) is 5.39. The first-order valence-corrected chi connectivity index (χ1v) is 8.80. The van der Waals surface area contributed by atoms with E-state index in [4.69, 9.17) is 23.2 Å². The molecule has 0 aliphatic carbocycles. The Kier molecular flexibility index (Phi) is 8.27. The smallest absolute Gasteiger partial charge is 0.334 e. The molecule has 146 valence electrons. The Morgan fingerprint density at radius 2 is 1.78 bits per heavy atom. The number of dihydropyridines is 1. The van der Waals surface area contributed by atoms with Crippen LogP contribution in [0.3, 0.4) is 0 Å². The summed E-state index contributed by atoms with van der Waals surface area (Å²) in [5, 5.41) is 33.1. The van der Waals surface area contributed by atoms with Gasteiger partial charge in [-0.3, -0.25) is 10.1 Å². The average Bonchev–Trinajstić information content (AvgIpc) is 2.60. The monoisotopic (exact) mass is 416 g/mol. The van der Waals surface area contributed by atoms with Gasteiger partial charge in [0.05, 0.1) is 27.3 Å². The standard InChI is InChI=1S/C16H16N2O6.CH2Cl2/c1-3-11-14(16(21)22)13(12(15(19)20)8(2)17-11)9-5-4-6-10(7-9)18(23)24;2-1-3/h4-7,13,17H,3H2,1-2H3,(H,19,20)(H,21,22);1H2. The maximum atomic E-state index is 11.8. The third-order valence-corrected chi connectivity index (χ3v) is 3.87. The van der Waals surface area contributed by atoms with E-state index in [-0.39, 0.29) is 27.7 Å². The number of non-ortho nitro benzene ring substituents is 1. The van der Waals surface area contributed by atoms with Crippen LogP contribution in [0.15, 0.2) is 46.8 Å². The second kappa shape index (κ2) is 9.94. The van der Waals surface area contributed by atoms with Crippen molar-refractivity contribution in [3.05, 3.63) is 62.5 Å². The fourth-order valence-electron chi connectivity index (χ4n) is 2.86. The Labute approximate surface area is 165 Å². The lowest BCUT2D eigenvalue weighted by Gasteiger charge is -2.29. The van der Waals surface area contributed by atoms with Crippen LogP contribution >= 0.6 is 23.2 Å². The maximum absolute atomic E-state index is 11.8. The SMILES string of the molecule is CCC1=C(C(=O)O)C(c2cccc([N+](=O)[O-])c2)C(C(=O)O)=C(C)N1.ClCCl. The number of carboxylic acids is 2. The van der Waals surface area contributed by atoms with Gasteiger partial charge in [-0.2, -0.15) is 0 Å². The van der Waals surface area contributed by atoms with Crippen LogP contribution in [0.5, 0.6) is 0 Å². The van der Waals surface area contributed by atoms with Gasteiger partial charge in [-0.25, -0.2) is 9.59 Å². The number of nitro groups is 1. The van der Waals surface area contributed by atoms with Crippen molar-refractivity contribution in [2.45, 2.75) is 26.2 Å². The molecule has 8 nitrogen and oxygen atoms in total. The number of allylic oxidation sites excluding steroid dienone is 2. The zero-order chi connectivity index (χ0) is 20.7. The summed E-state index contributed by atoms with van der Waals surface area (Å²) in [6.07, 6.45) is 0.358. The van der Waals surface area contributed by atoms with Gasteiger partial charge < -0.3 is 15.5 Å². The van der Waals surface area contributed by atoms with Gasteiger partial charge in [0, 0.05) is 23.5 Å². The molecular formula is C17H18Cl2N2O6. The number of hydrogen-bond acceptors (Lipinski definition) is 5. The molecule has 0 spiro atoms. The van der Waals surface area contributed by atoms with Crippen molar-refractivity contribution in [3.63, 3.8) is 0 Å². The highest BCUT2D eigenvalue weighted by Crippen LogP contribution is 2.39. The molecule has 1 aromatic carbocycles. The number of halogens is 2. The second-order valence-corrected chi connectivity index (χ2v) is 6.21. The Morgan fingerprint density at radius 1 is 1.22 bits per heavy atom. The maximum Gasteiger partial charge on any atom is 0.334 e. The minimum Gasteiger partial charge on any atom is -0.478 e. The third kappa shape index (κ3) is 5.21. The molecular weight excluding hydrogens is 399 g/mol. The van der Waals surface area contributed by atoms with Crippen molar-refractivity contribution >= 4 is 40.8 Å². The average molecular weight is 417 g/mol. The van der Waals surface area contributed by atoms with Gasteiger partial charge in [0.25, 0.3) is 5.69 Å². The number of nitrogens with zero attached hydrogens (tertiary/aromatic N) is 1. The van der Waals surface area contributed by atoms with E-state index in [1.165, 1.54) is 24.3 Å². The van der Waals surface area contributed by atoms with Crippen LogP contribution in [0.1, 0.15) is 31.7 Å². The van der Waals surface area contributed by atoms with Gasteiger partial charge in [0.1, 0.15) is 0 Å². The summed E-state index contributed by atoms with van der Waals surface area (Å²) in [6.45, 7) is 3.29. The van der Waals surface area contributed by atoms with Crippen LogP contribution in [0.25, 0.3) is 0 Å². The topological polar surface area (TPSA) is 130 Å². The zero-order valence-corrected chi connectivity index (χ0v) is 16.0. The van der Waals surface area contributed by atoms with Crippen LogP contribution in [-0.2, 0) is 9.59 Å². The van der Waals surface area contributed by atoms with E-state index in [9.17, 15) is 29.9 Å². The minimum atomic E-state index is -1.27. The minimum absolute atomic E-state index is 0.110. The summed E-state index contributed by atoms with van der Waals surface area (Å²) >= 11 is 9.53. The zero-order valence-electron chi connectivity index (χ0n) is 14.5. The molecule has 1 heterocycles. The fourth-order valence-corrected chi connectivity index (χ4v) is 2.86. The van der Waals surface area contributed by atoms with Gasteiger partial charge in [-0.15, -0.1) is 23.2 Å². The summed E-state index contributed by atoms with van der Waals surface area (Å²) in [5.41, 5.74) is 0.496. The predicted octanol–water partition coefficient (Wildman–Crippen LogP) is 3.81. The number of benzene rings is 1. The van der Waals surface area contributed by atoms with Gasteiger partial charge in [-0.1, -0.05) is 19.1 Å². The number of alkyl halides is 2. The molecule has 0 aromatic heterocycles. The van der Waals surface area contributed by atoms with Crippen LogP contribution < -0.4 is 5.32 Å². The van der Waals surface area contributed by atoms with Crippen molar-refractivity contribution in [3.8, 4) is 0 Å². The highest BCUT2D eigenvalue weighted by molar-refractivity contribution is 6.40. The number of aliphatic carboxylic acids is 2. The highest BCUT2D eigenvalue weighted by Gasteiger charge is 2.37. The summed E-state index contributed by atoms with van der Waals surface area (Å²) < 4.78 is 0. The molecule has 0 amide bonds. The van der Waals surface area contributed by atoms with E-state index < -0.39 is 22.8 Å². The van der Waals surface area contributed by atoms with Gasteiger partial charge in [0.2, 0.25) is 0 Å². The van der Waals surface area contributed by atoms with Crippen molar-refractivity contribution in [2.75, 3.05) is 5.34 Å². The number of nitro benzene ring substituents is 1. The molecule has 1 aromatic rings. The third-order valence-electron chi connectivity index (χ3n) is 3.87. The number of nitrogens with one attached hydrogen (secondary N) is 1. The fraction of sp³-hybridized carbons (Fsp3) is 0.294. The highest BCUT2D eigenvalue weighted by atomic mass is 35.5. The van der Waals surface area contributed by atoms with E-state index in [1.54, 1.807) is 13.8 Å². The molecule has 0 fully saturated rings. The van der Waals surface area contributed by atoms with E-state index in [0.717, 1.165) is 0 Å². The number of hydrogen-bond donors (Lipinski definition) is 3. The Bertz CT molecular complexity index is 819. The number of carbonyl (C=O) groups is 2. The Hall–Kier alpha value is -2.58. The lowest BCUT2D eigenvalue weighted by Crippen LogP contribution is -2.31. The molecule has 3 N–H and O–H groups in total. The predicted molar refractivity (Wildman–Crippen MR) is 101 cm³/mol. The second-order valence-electron chi connectivity index (χ2n) is 5.41. The molecule has 27 heavy (non-hydrogen) atoms. The van der Waals surface area contributed by atoms with Crippen LogP contribution in [0.2, 0.25) is 0 Å². The summed E-state index contributed by atoms with van der Waals surface area (Å²) in [7, 11) is 0. The first-order chi connectivity index (χ1) is 12.7. The van der Waals surface area contributed by atoms with Gasteiger partial charge >= 0.3 is 11.9 Å². The Balaban J connectivity index is 0.00000114. The molecule has 2 rings (SSSR count). The van der Waals surface area contributed by atoms with Crippen LogP contribution in [-0.4, -0.2) is 32.4 Å². The number of carboxylic acid groups (broad SMARTS) is 2. The van der Waals surface area contributed by atoms with Gasteiger partial charge in [-0.05, 0) is 18.9 Å². The molecule has 0 saturated heterocycles. The van der Waals surface area contributed by atoms with Crippen LogP contribution in [0.4, 0.5) is 5.69 Å². The normalized spacial score (nSPS) is 16.2. The quantitative estimate of drug-likeness (QED) is 0.377. The molecule has 1 atom stereocenters. The van der Waals surface area contributed by atoms with Crippen molar-refractivity contribution in [1.29, 1.82) is 0 Å². The van der Waals surface area contributed by atoms with Crippen molar-refractivity contribution in [1.82, 2.24) is 5.32 Å². The first kappa shape index (κ1) is 22.5. The lowest BCUT2D eigenvalue weighted by molar-refractivity contribution is -0.384. The van der Waals surface area contributed by atoms with E-state index in [1.807, 2.05) is 0 Å². The lowest BCUT2D eigenvalue weighted by atomic mass is 9.80. The molecule has 0 radical (unpaired) electrons. The summed E-state index contributed by atoms with van der Waals surface area (Å²) in [5.74, 6) is -3.62. The molecule has 10 heteroatoms. The van der Waals surface area contributed by atoms with E-state index in [2.05, 4.69) is 5.32 Å². The molecule has 1 aliphatic rings. The molecule has 0 bridgehead atoms. The first-order valence-electron chi connectivity index (χ1n) is 7.73. The Morgan fingerprint density at radius 3 is 2.22 bits per heavy atom. The summed E-state index contributed by atoms with van der Waals surface area (Å²) in [4.78, 5) is 33.8. The van der Waals surface area contributed by atoms with E-state index >= 15 is 0 Å². The number of rotatable bonds is 5. The molecule has 1 unspecified atom stereocenters. The van der Waals surface area contributed by atoms with Crippen molar-refractivity contribution < 1.29 is 24.7 Å². The van der Waals surface area contributed by atoms with E-state index in [0.29, 0.717) is 17.8 Å². The van der Waals surface area contributed by atoms with Gasteiger partial charge in [0.15, 0.2) is 0 Å². The largest absolute Gasteiger partial charge is 0.478 e. The van der Waals surface area contributed by atoms with Crippen molar-refractivity contribution in [2.24, 2.45) is 0 Å².